The van der Waals surface area contributed by atoms with E-state index >= 15 is 0 Å². The molecule has 6 nitrogen and oxygen atoms in total. The molecule has 2 aromatic carbocycles. The average molecular weight is 503 g/mol. The lowest BCUT2D eigenvalue weighted by atomic mass is 9.85. The predicted molar refractivity (Wildman–Crippen MR) is 148 cm³/mol. The second kappa shape index (κ2) is 10.2. The largest absolute Gasteiger partial charge is 0.486 e. The summed E-state index contributed by atoms with van der Waals surface area (Å²) in [7, 11) is 0. The molecule has 4 rings (SSSR count). The number of pyridine rings is 1. The molecule has 0 N–H and O–H groups in total. The molecule has 0 bridgehead atoms. The van der Waals surface area contributed by atoms with Gasteiger partial charge >= 0.3 is 5.97 Å². The molecule has 1 amide bonds. The van der Waals surface area contributed by atoms with Gasteiger partial charge in [-0.25, -0.2) is 4.98 Å². The summed E-state index contributed by atoms with van der Waals surface area (Å²) in [6.45, 7) is 16.2. The van der Waals surface area contributed by atoms with E-state index in [2.05, 4.69) is 26.8 Å². The number of fused-ring (bicyclic) bond motifs is 2. The summed E-state index contributed by atoms with van der Waals surface area (Å²) in [5.74, 6) is 2.06. The third kappa shape index (κ3) is 5.34. The molecule has 1 atom stereocenters. The van der Waals surface area contributed by atoms with Gasteiger partial charge in [-0.1, -0.05) is 32.0 Å². The normalized spacial score (nSPS) is 16.9. The Hall–Kier alpha value is -3.41. The van der Waals surface area contributed by atoms with Crippen LogP contribution in [0.2, 0.25) is 0 Å². The van der Waals surface area contributed by atoms with Crippen molar-refractivity contribution in [3.05, 3.63) is 58.1 Å². The summed E-state index contributed by atoms with van der Waals surface area (Å²) in [6, 6.07) is 10.0. The molecular formula is C31H38N2O4. The van der Waals surface area contributed by atoms with Crippen LogP contribution in [0.3, 0.4) is 0 Å². The Kier molecular flexibility index (Phi) is 7.31. The first kappa shape index (κ1) is 26.6. The molecule has 1 unspecified atom stereocenters. The first-order valence-corrected chi connectivity index (χ1v) is 13.1. The Morgan fingerprint density at radius 2 is 1.81 bits per heavy atom. The Labute approximate surface area is 220 Å². The van der Waals surface area contributed by atoms with E-state index in [1.54, 1.807) is 0 Å². The molecule has 0 saturated carbocycles. The molecule has 0 radical (unpaired) electrons. The third-order valence-corrected chi connectivity index (χ3v) is 7.37. The molecule has 0 saturated heterocycles. The number of hydrogen-bond donors (Lipinski definition) is 0. The van der Waals surface area contributed by atoms with Crippen molar-refractivity contribution in [3.63, 3.8) is 0 Å². The molecule has 1 aliphatic rings. The van der Waals surface area contributed by atoms with Gasteiger partial charge in [0, 0.05) is 24.4 Å². The molecular weight excluding hydrogens is 464 g/mol. The molecule has 1 aromatic heterocycles. The van der Waals surface area contributed by atoms with Gasteiger partial charge in [-0.05, 0) is 87.8 Å². The lowest BCUT2D eigenvalue weighted by molar-refractivity contribution is -0.132. The highest BCUT2D eigenvalue weighted by Crippen LogP contribution is 2.44. The van der Waals surface area contributed by atoms with Crippen molar-refractivity contribution in [2.24, 2.45) is 5.92 Å². The van der Waals surface area contributed by atoms with Gasteiger partial charge < -0.3 is 9.47 Å². The second-order valence-corrected chi connectivity index (χ2v) is 11.0. The fourth-order valence-electron chi connectivity index (χ4n) is 5.28. The second-order valence-electron chi connectivity index (χ2n) is 11.0. The van der Waals surface area contributed by atoms with Gasteiger partial charge in [-0.15, -0.1) is 0 Å². The molecule has 0 aliphatic carbocycles. The van der Waals surface area contributed by atoms with Crippen LogP contribution in [0.15, 0.2) is 30.3 Å². The van der Waals surface area contributed by atoms with Crippen molar-refractivity contribution >= 4 is 28.6 Å². The number of anilines is 1. The number of para-hydroxylation sites is 1. The SMILES string of the molecule is CC(=O)Oc1c(C)c(C)c2c(c1C)CCC(C)(CC(=O)N(CC(C)C)c1cc(C)c3ccccc3n1)O2. The fourth-order valence-corrected chi connectivity index (χ4v) is 5.28. The van der Waals surface area contributed by atoms with E-state index in [9.17, 15) is 9.59 Å². The van der Waals surface area contributed by atoms with Crippen LogP contribution < -0.4 is 14.4 Å². The van der Waals surface area contributed by atoms with Crippen LogP contribution in [0.25, 0.3) is 10.9 Å². The van der Waals surface area contributed by atoms with Crippen LogP contribution in [0.1, 0.15) is 68.4 Å². The number of aryl methyl sites for hydroxylation is 1. The summed E-state index contributed by atoms with van der Waals surface area (Å²) in [5, 5.41) is 1.09. The summed E-state index contributed by atoms with van der Waals surface area (Å²) in [6.07, 6.45) is 1.68. The number of ether oxygens (including phenoxy) is 2. The van der Waals surface area contributed by atoms with E-state index in [1.807, 2.05) is 56.9 Å². The Morgan fingerprint density at radius 3 is 2.49 bits per heavy atom. The molecule has 2 heterocycles. The predicted octanol–water partition coefficient (Wildman–Crippen LogP) is 6.56. The third-order valence-electron chi connectivity index (χ3n) is 7.37. The van der Waals surface area contributed by atoms with E-state index in [0.717, 1.165) is 50.9 Å². The van der Waals surface area contributed by atoms with Crippen molar-refractivity contribution in [2.75, 3.05) is 11.4 Å². The minimum absolute atomic E-state index is 0.00413. The lowest BCUT2D eigenvalue weighted by Crippen LogP contribution is -2.45. The molecule has 196 valence electrons. The van der Waals surface area contributed by atoms with Gasteiger partial charge in [0.25, 0.3) is 0 Å². The maximum Gasteiger partial charge on any atom is 0.308 e. The van der Waals surface area contributed by atoms with E-state index < -0.39 is 5.60 Å². The van der Waals surface area contributed by atoms with E-state index in [-0.39, 0.29) is 24.2 Å². The molecule has 0 fully saturated rings. The topological polar surface area (TPSA) is 68.7 Å². The molecule has 37 heavy (non-hydrogen) atoms. The van der Waals surface area contributed by atoms with Crippen molar-refractivity contribution in [1.82, 2.24) is 4.98 Å². The fraction of sp³-hybridized carbons (Fsp3) is 0.452. The maximum absolute atomic E-state index is 13.9. The van der Waals surface area contributed by atoms with Crippen LogP contribution in [-0.4, -0.2) is 29.0 Å². The lowest BCUT2D eigenvalue weighted by Gasteiger charge is -2.39. The van der Waals surface area contributed by atoms with E-state index in [1.165, 1.54) is 6.92 Å². The van der Waals surface area contributed by atoms with Gasteiger partial charge in [0.05, 0.1) is 11.9 Å². The number of aromatic nitrogens is 1. The van der Waals surface area contributed by atoms with E-state index in [0.29, 0.717) is 24.5 Å². The summed E-state index contributed by atoms with van der Waals surface area (Å²) in [4.78, 5) is 32.2. The van der Waals surface area contributed by atoms with Crippen molar-refractivity contribution in [3.8, 4) is 11.5 Å². The van der Waals surface area contributed by atoms with Gasteiger partial charge in [0.1, 0.15) is 22.9 Å². The number of carbonyl (C=O) groups excluding carboxylic acids is 2. The van der Waals surface area contributed by atoms with Crippen molar-refractivity contribution in [2.45, 2.75) is 80.3 Å². The number of nitrogens with zero attached hydrogens (tertiary/aromatic N) is 2. The number of rotatable bonds is 6. The quantitative estimate of drug-likeness (QED) is 0.282. The Balaban J connectivity index is 1.65. The zero-order valence-electron chi connectivity index (χ0n) is 23.3. The van der Waals surface area contributed by atoms with Gasteiger partial charge in [0.2, 0.25) is 5.91 Å². The maximum atomic E-state index is 13.9. The average Bonchev–Trinajstić information content (AvgIpc) is 2.83. The van der Waals surface area contributed by atoms with Gasteiger partial charge in [-0.2, -0.15) is 0 Å². The first-order chi connectivity index (χ1) is 17.4. The zero-order chi connectivity index (χ0) is 27.1. The van der Waals surface area contributed by atoms with Crippen molar-refractivity contribution < 1.29 is 19.1 Å². The van der Waals surface area contributed by atoms with Crippen LogP contribution in [0.4, 0.5) is 5.82 Å². The Bertz CT molecular complexity index is 1380. The smallest absolute Gasteiger partial charge is 0.308 e. The molecule has 3 aromatic rings. The highest BCUT2D eigenvalue weighted by atomic mass is 16.5. The zero-order valence-corrected chi connectivity index (χ0v) is 23.3. The summed E-state index contributed by atoms with van der Waals surface area (Å²) < 4.78 is 12.2. The van der Waals surface area contributed by atoms with Crippen LogP contribution >= 0.6 is 0 Å². The number of hydrogen-bond acceptors (Lipinski definition) is 5. The molecule has 1 aliphatic heterocycles. The van der Waals surface area contributed by atoms with Gasteiger partial charge in [-0.3, -0.25) is 14.5 Å². The number of carbonyl (C=O) groups is 2. The molecule has 0 spiro atoms. The highest BCUT2D eigenvalue weighted by molar-refractivity contribution is 5.95. The van der Waals surface area contributed by atoms with Gasteiger partial charge in [0.15, 0.2) is 0 Å². The standard InChI is InChI=1S/C31H38N2O4/c1-18(2)17-33(27-15-19(3)24-11-9-10-12-26(24)32-27)28(35)16-31(8)14-13-25-22(6)29(36-23(7)34)20(4)21(5)30(25)37-31/h9-12,15,18H,13-14,16-17H2,1-8H3. The number of esters is 1. The number of amides is 1. The van der Waals surface area contributed by atoms with Crippen LogP contribution in [0, 0.1) is 33.6 Å². The highest BCUT2D eigenvalue weighted by Gasteiger charge is 2.38. The van der Waals surface area contributed by atoms with E-state index in [4.69, 9.17) is 14.5 Å². The first-order valence-electron chi connectivity index (χ1n) is 13.1. The summed E-state index contributed by atoms with van der Waals surface area (Å²) >= 11 is 0. The number of benzene rings is 2. The Morgan fingerprint density at radius 1 is 1.11 bits per heavy atom. The van der Waals surface area contributed by atoms with Crippen LogP contribution in [-0.2, 0) is 16.0 Å². The molecule has 6 heteroatoms. The van der Waals surface area contributed by atoms with Crippen molar-refractivity contribution in [1.29, 1.82) is 0 Å². The summed E-state index contributed by atoms with van der Waals surface area (Å²) in [5.41, 5.74) is 5.15. The van der Waals surface area contributed by atoms with Crippen LogP contribution in [0.5, 0.6) is 11.5 Å². The minimum atomic E-state index is -0.655. The monoisotopic (exact) mass is 502 g/mol. The minimum Gasteiger partial charge on any atom is -0.486 e.